The number of hydrogen-bond donors (Lipinski definition) is 3. The molecule has 0 saturated carbocycles. The van der Waals surface area contributed by atoms with Gasteiger partial charge in [-0.1, -0.05) is 20.3 Å². The lowest BCUT2D eigenvalue weighted by molar-refractivity contribution is -0.141. The SMILES string of the molecule is CCNCCC(=O)NC(C)CCCC(C)C(=O)O. The molecule has 0 aliphatic rings. The third kappa shape index (κ3) is 8.98. The quantitative estimate of drug-likeness (QED) is 0.517. The fourth-order valence-corrected chi connectivity index (χ4v) is 1.65. The molecule has 0 fully saturated rings. The molecular weight excluding hydrogens is 232 g/mol. The average molecular weight is 258 g/mol. The molecule has 5 nitrogen and oxygen atoms in total. The van der Waals surface area contributed by atoms with Crippen molar-refractivity contribution in [2.75, 3.05) is 13.1 Å². The van der Waals surface area contributed by atoms with Crippen molar-refractivity contribution >= 4 is 11.9 Å². The minimum atomic E-state index is -0.752. The molecular formula is C13H26N2O3. The molecule has 0 aromatic heterocycles. The first-order valence-electron chi connectivity index (χ1n) is 6.70. The molecule has 2 atom stereocenters. The van der Waals surface area contributed by atoms with Crippen molar-refractivity contribution in [2.45, 2.75) is 52.5 Å². The molecule has 0 aliphatic heterocycles. The highest BCUT2D eigenvalue weighted by Crippen LogP contribution is 2.09. The smallest absolute Gasteiger partial charge is 0.306 e. The van der Waals surface area contributed by atoms with E-state index < -0.39 is 5.97 Å². The maximum Gasteiger partial charge on any atom is 0.306 e. The number of amides is 1. The Bertz CT molecular complexity index is 257. The summed E-state index contributed by atoms with van der Waals surface area (Å²) in [6, 6.07) is 0.111. The van der Waals surface area contributed by atoms with Crippen molar-refractivity contribution in [3.63, 3.8) is 0 Å². The number of carboxylic acid groups (broad SMARTS) is 1. The van der Waals surface area contributed by atoms with E-state index in [1.54, 1.807) is 6.92 Å². The van der Waals surface area contributed by atoms with Gasteiger partial charge in [0.2, 0.25) is 5.91 Å². The summed E-state index contributed by atoms with van der Waals surface area (Å²) in [6.45, 7) is 7.24. The van der Waals surface area contributed by atoms with E-state index in [0.717, 1.165) is 19.4 Å². The summed E-state index contributed by atoms with van der Waals surface area (Å²) in [4.78, 5) is 22.1. The van der Waals surface area contributed by atoms with Crippen LogP contribution in [0.1, 0.15) is 46.5 Å². The van der Waals surface area contributed by atoms with E-state index in [0.29, 0.717) is 19.4 Å². The van der Waals surface area contributed by atoms with E-state index in [9.17, 15) is 9.59 Å². The second kappa shape index (κ2) is 9.88. The van der Waals surface area contributed by atoms with Crippen LogP contribution < -0.4 is 10.6 Å². The van der Waals surface area contributed by atoms with Crippen LogP contribution >= 0.6 is 0 Å². The van der Waals surface area contributed by atoms with Crippen LogP contribution in [0.25, 0.3) is 0 Å². The molecule has 0 aromatic carbocycles. The van der Waals surface area contributed by atoms with Crippen LogP contribution in [0.5, 0.6) is 0 Å². The summed E-state index contributed by atoms with van der Waals surface area (Å²) in [6.07, 6.45) is 2.79. The maximum absolute atomic E-state index is 11.5. The Morgan fingerprint density at radius 3 is 2.44 bits per heavy atom. The number of hydrogen-bond acceptors (Lipinski definition) is 3. The minimum absolute atomic E-state index is 0.0507. The van der Waals surface area contributed by atoms with Gasteiger partial charge in [0.15, 0.2) is 0 Å². The van der Waals surface area contributed by atoms with E-state index in [-0.39, 0.29) is 17.9 Å². The molecule has 0 aromatic rings. The summed E-state index contributed by atoms with van der Waals surface area (Å²) in [5.41, 5.74) is 0. The predicted molar refractivity (Wildman–Crippen MR) is 71.4 cm³/mol. The fraction of sp³-hybridized carbons (Fsp3) is 0.846. The van der Waals surface area contributed by atoms with Gasteiger partial charge in [-0.05, 0) is 26.3 Å². The van der Waals surface area contributed by atoms with Gasteiger partial charge in [-0.2, -0.15) is 0 Å². The molecule has 106 valence electrons. The van der Waals surface area contributed by atoms with Crippen molar-refractivity contribution in [3.05, 3.63) is 0 Å². The van der Waals surface area contributed by atoms with E-state index in [4.69, 9.17) is 5.11 Å². The fourth-order valence-electron chi connectivity index (χ4n) is 1.65. The highest BCUT2D eigenvalue weighted by atomic mass is 16.4. The van der Waals surface area contributed by atoms with Crippen molar-refractivity contribution in [1.82, 2.24) is 10.6 Å². The van der Waals surface area contributed by atoms with Crippen LogP contribution in [0.4, 0.5) is 0 Å². The first-order chi connectivity index (χ1) is 8.47. The first-order valence-corrected chi connectivity index (χ1v) is 6.70. The Hall–Kier alpha value is -1.10. The molecule has 0 bridgehead atoms. The van der Waals surface area contributed by atoms with Crippen LogP contribution in [0.15, 0.2) is 0 Å². The Morgan fingerprint density at radius 2 is 1.89 bits per heavy atom. The molecule has 3 N–H and O–H groups in total. The average Bonchev–Trinajstić information content (AvgIpc) is 2.28. The molecule has 18 heavy (non-hydrogen) atoms. The summed E-state index contributed by atoms with van der Waals surface area (Å²) < 4.78 is 0. The number of carbonyl (C=O) groups is 2. The molecule has 0 radical (unpaired) electrons. The number of nitrogens with one attached hydrogen (secondary N) is 2. The topological polar surface area (TPSA) is 78.4 Å². The molecule has 0 aliphatic carbocycles. The van der Waals surface area contributed by atoms with Gasteiger partial charge in [-0.25, -0.2) is 0 Å². The Morgan fingerprint density at radius 1 is 1.22 bits per heavy atom. The van der Waals surface area contributed by atoms with Gasteiger partial charge >= 0.3 is 5.97 Å². The zero-order valence-electron chi connectivity index (χ0n) is 11.7. The zero-order chi connectivity index (χ0) is 14.0. The second-order valence-corrected chi connectivity index (χ2v) is 4.74. The van der Waals surface area contributed by atoms with Gasteiger partial charge < -0.3 is 15.7 Å². The standard InChI is InChI=1S/C13H26N2O3/c1-4-14-9-8-12(16)15-11(3)7-5-6-10(2)13(17)18/h10-11,14H,4-9H2,1-3H3,(H,15,16)(H,17,18). The van der Waals surface area contributed by atoms with Crippen LogP contribution in [0.3, 0.4) is 0 Å². The number of carboxylic acids is 1. The van der Waals surface area contributed by atoms with Gasteiger partial charge in [0.1, 0.15) is 0 Å². The third-order valence-corrected chi connectivity index (χ3v) is 2.88. The second-order valence-electron chi connectivity index (χ2n) is 4.74. The first kappa shape index (κ1) is 16.9. The molecule has 5 heteroatoms. The largest absolute Gasteiger partial charge is 0.481 e. The molecule has 2 unspecified atom stereocenters. The highest BCUT2D eigenvalue weighted by Gasteiger charge is 2.12. The lowest BCUT2D eigenvalue weighted by Crippen LogP contribution is -2.34. The summed E-state index contributed by atoms with van der Waals surface area (Å²) in [5, 5.41) is 14.7. The van der Waals surface area contributed by atoms with Crippen molar-refractivity contribution in [3.8, 4) is 0 Å². The lowest BCUT2D eigenvalue weighted by Gasteiger charge is -2.14. The predicted octanol–water partition coefficient (Wildman–Crippen LogP) is 1.38. The van der Waals surface area contributed by atoms with E-state index in [2.05, 4.69) is 10.6 Å². The van der Waals surface area contributed by atoms with Crippen molar-refractivity contribution in [1.29, 1.82) is 0 Å². The third-order valence-electron chi connectivity index (χ3n) is 2.88. The van der Waals surface area contributed by atoms with Gasteiger partial charge in [-0.3, -0.25) is 9.59 Å². The van der Waals surface area contributed by atoms with E-state index >= 15 is 0 Å². The van der Waals surface area contributed by atoms with Gasteiger partial charge in [0.25, 0.3) is 0 Å². The van der Waals surface area contributed by atoms with E-state index in [1.807, 2.05) is 13.8 Å². The highest BCUT2D eigenvalue weighted by molar-refractivity contribution is 5.76. The molecule has 0 rings (SSSR count). The Balaban J connectivity index is 3.61. The lowest BCUT2D eigenvalue weighted by atomic mass is 10.0. The maximum atomic E-state index is 11.5. The van der Waals surface area contributed by atoms with Crippen LogP contribution in [-0.2, 0) is 9.59 Å². The van der Waals surface area contributed by atoms with Crippen molar-refractivity contribution in [2.24, 2.45) is 5.92 Å². The van der Waals surface area contributed by atoms with Crippen LogP contribution in [0, 0.1) is 5.92 Å². The van der Waals surface area contributed by atoms with Crippen LogP contribution in [-0.4, -0.2) is 36.1 Å². The Kier molecular flexibility index (Phi) is 9.28. The zero-order valence-corrected chi connectivity index (χ0v) is 11.7. The summed E-state index contributed by atoms with van der Waals surface area (Å²) >= 11 is 0. The van der Waals surface area contributed by atoms with Crippen molar-refractivity contribution < 1.29 is 14.7 Å². The summed E-state index contributed by atoms with van der Waals surface area (Å²) in [5.74, 6) is -1.01. The van der Waals surface area contributed by atoms with Gasteiger partial charge in [-0.15, -0.1) is 0 Å². The minimum Gasteiger partial charge on any atom is -0.481 e. The monoisotopic (exact) mass is 258 g/mol. The Labute approximate surface area is 109 Å². The molecule has 0 saturated heterocycles. The summed E-state index contributed by atoms with van der Waals surface area (Å²) in [7, 11) is 0. The number of aliphatic carboxylic acids is 1. The number of rotatable bonds is 10. The molecule has 0 heterocycles. The molecule has 0 spiro atoms. The number of carbonyl (C=O) groups excluding carboxylic acids is 1. The van der Waals surface area contributed by atoms with E-state index in [1.165, 1.54) is 0 Å². The van der Waals surface area contributed by atoms with Crippen LogP contribution in [0.2, 0.25) is 0 Å². The van der Waals surface area contributed by atoms with Gasteiger partial charge in [0.05, 0.1) is 5.92 Å². The molecule has 1 amide bonds. The van der Waals surface area contributed by atoms with Gasteiger partial charge in [0, 0.05) is 19.0 Å². The normalized spacial score (nSPS) is 13.9.